The van der Waals surface area contributed by atoms with E-state index < -0.39 is 12.1 Å². The summed E-state index contributed by atoms with van der Waals surface area (Å²) in [5.74, 6) is 0.805. The molecule has 18 heavy (non-hydrogen) atoms. The van der Waals surface area contributed by atoms with E-state index >= 15 is 0 Å². The number of urea groups is 2. The van der Waals surface area contributed by atoms with Crippen molar-refractivity contribution in [2.24, 2.45) is 5.73 Å². The van der Waals surface area contributed by atoms with Gasteiger partial charge < -0.3 is 10.6 Å². The number of rotatable bonds is 5. The van der Waals surface area contributed by atoms with Gasteiger partial charge in [0.2, 0.25) is 0 Å². The summed E-state index contributed by atoms with van der Waals surface area (Å²) in [5.41, 5.74) is 5.96. The van der Waals surface area contributed by atoms with Crippen LogP contribution in [-0.4, -0.2) is 35.5 Å². The molecule has 0 aliphatic heterocycles. The summed E-state index contributed by atoms with van der Waals surface area (Å²) in [5, 5.41) is 2.09. The van der Waals surface area contributed by atoms with Crippen LogP contribution < -0.4 is 11.1 Å². The topological polar surface area (TPSA) is 75.4 Å². The second-order valence-corrected chi connectivity index (χ2v) is 4.68. The third-order valence-corrected chi connectivity index (χ3v) is 2.89. The molecule has 98 valence electrons. The Kier molecular flexibility index (Phi) is 6.07. The summed E-state index contributed by atoms with van der Waals surface area (Å²) in [6.45, 7) is 1.02. The van der Waals surface area contributed by atoms with Crippen molar-refractivity contribution < 1.29 is 9.59 Å². The first-order chi connectivity index (χ1) is 8.63. The highest BCUT2D eigenvalue weighted by Crippen LogP contribution is 2.06. The Balaban J connectivity index is 2.65. The number of carbonyl (C=O) groups is 2. The Bertz CT molecular complexity index is 398. The van der Waals surface area contributed by atoms with Crippen molar-refractivity contribution in [1.82, 2.24) is 10.2 Å². The zero-order chi connectivity index (χ0) is 13.4. The molecule has 0 spiro atoms. The van der Waals surface area contributed by atoms with Crippen molar-refractivity contribution in [3.8, 4) is 0 Å². The van der Waals surface area contributed by atoms with Gasteiger partial charge in [-0.2, -0.15) is 11.8 Å². The van der Waals surface area contributed by atoms with Crippen LogP contribution in [0, 0.1) is 0 Å². The number of imide groups is 1. The van der Waals surface area contributed by atoms with E-state index in [1.807, 2.05) is 36.6 Å². The van der Waals surface area contributed by atoms with Gasteiger partial charge in [0.05, 0.1) is 0 Å². The standard InChI is InChI=1S/C12H17N3O2S/c1-18-8-7-15(12(17)14-11(13)16)9-10-5-3-2-4-6-10/h2-6H,7-9H2,1H3,(H3,13,14,16,17). The molecule has 0 saturated heterocycles. The minimum absolute atomic E-state index is 0.458. The van der Waals surface area contributed by atoms with Crippen LogP contribution in [0.2, 0.25) is 0 Å². The molecule has 0 unspecified atom stereocenters. The van der Waals surface area contributed by atoms with E-state index in [-0.39, 0.29) is 0 Å². The van der Waals surface area contributed by atoms with Crippen LogP contribution in [0.5, 0.6) is 0 Å². The van der Waals surface area contributed by atoms with Crippen LogP contribution in [-0.2, 0) is 6.54 Å². The minimum Gasteiger partial charge on any atom is -0.351 e. The van der Waals surface area contributed by atoms with Crippen molar-refractivity contribution in [3.05, 3.63) is 35.9 Å². The highest BCUT2D eigenvalue weighted by Gasteiger charge is 2.14. The van der Waals surface area contributed by atoms with E-state index in [9.17, 15) is 9.59 Å². The molecule has 1 aromatic rings. The number of nitrogens with zero attached hydrogens (tertiary/aromatic N) is 1. The van der Waals surface area contributed by atoms with Gasteiger partial charge in [-0.25, -0.2) is 9.59 Å². The summed E-state index contributed by atoms with van der Waals surface area (Å²) in [6.07, 6.45) is 1.96. The summed E-state index contributed by atoms with van der Waals surface area (Å²) in [4.78, 5) is 24.0. The molecule has 6 heteroatoms. The predicted octanol–water partition coefficient (Wildman–Crippen LogP) is 1.64. The van der Waals surface area contributed by atoms with Crippen LogP contribution in [0.15, 0.2) is 30.3 Å². The average Bonchev–Trinajstić information content (AvgIpc) is 2.34. The predicted molar refractivity (Wildman–Crippen MR) is 73.3 cm³/mol. The molecule has 0 heterocycles. The Hall–Kier alpha value is -1.69. The van der Waals surface area contributed by atoms with Gasteiger partial charge in [0.25, 0.3) is 0 Å². The molecule has 0 atom stereocenters. The highest BCUT2D eigenvalue weighted by molar-refractivity contribution is 7.98. The minimum atomic E-state index is -0.831. The third kappa shape index (κ3) is 5.09. The van der Waals surface area contributed by atoms with E-state index in [2.05, 4.69) is 5.32 Å². The monoisotopic (exact) mass is 267 g/mol. The van der Waals surface area contributed by atoms with E-state index in [0.717, 1.165) is 11.3 Å². The number of carbonyl (C=O) groups excluding carboxylic acids is 2. The van der Waals surface area contributed by atoms with E-state index in [0.29, 0.717) is 13.1 Å². The van der Waals surface area contributed by atoms with Crippen LogP contribution in [0.4, 0.5) is 9.59 Å². The van der Waals surface area contributed by atoms with Crippen LogP contribution in [0.3, 0.4) is 0 Å². The summed E-state index contributed by atoms with van der Waals surface area (Å²) in [7, 11) is 0. The van der Waals surface area contributed by atoms with Crippen LogP contribution >= 0.6 is 11.8 Å². The first-order valence-corrected chi connectivity index (χ1v) is 6.91. The first-order valence-electron chi connectivity index (χ1n) is 5.51. The smallest absolute Gasteiger partial charge is 0.325 e. The fourth-order valence-corrected chi connectivity index (χ4v) is 1.85. The number of thioether (sulfide) groups is 1. The first kappa shape index (κ1) is 14.4. The summed E-state index contributed by atoms with van der Waals surface area (Å²) in [6, 6.07) is 8.32. The second kappa shape index (κ2) is 7.60. The lowest BCUT2D eigenvalue weighted by molar-refractivity contribution is 0.197. The number of hydrogen-bond acceptors (Lipinski definition) is 3. The number of hydrogen-bond donors (Lipinski definition) is 2. The van der Waals surface area contributed by atoms with Crippen molar-refractivity contribution in [2.75, 3.05) is 18.6 Å². The normalized spacial score (nSPS) is 9.83. The quantitative estimate of drug-likeness (QED) is 0.851. The molecule has 0 aromatic heterocycles. The van der Waals surface area contributed by atoms with Crippen molar-refractivity contribution in [2.45, 2.75) is 6.54 Å². The van der Waals surface area contributed by atoms with E-state index in [4.69, 9.17) is 5.73 Å². The SMILES string of the molecule is CSCCN(Cc1ccccc1)C(=O)NC(N)=O. The maximum atomic E-state index is 11.8. The second-order valence-electron chi connectivity index (χ2n) is 3.69. The molecule has 0 aliphatic carbocycles. The van der Waals surface area contributed by atoms with Crippen molar-refractivity contribution in [1.29, 1.82) is 0 Å². The van der Waals surface area contributed by atoms with Crippen LogP contribution in [0.25, 0.3) is 0 Å². The average molecular weight is 267 g/mol. The van der Waals surface area contributed by atoms with Gasteiger partial charge in [0.1, 0.15) is 0 Å². The Morgan fingerprint density at radius 1 is 1.33 bits per heavy atom. The largest absolute Gasteiger partial charge is 0.351 e. The van der Waals surface area contributed by atoms with E-state index in [1.165, 1.54) is 0 Å². The molecule has 1 rings (SSSR count). The zero-order valence-corrected chi connectivity index (χ0v) is 11.1. The number of nitrogens with one attached hydrogen (secondary N) is 1. The number of primary amides is 1. The van der Waals surface area contributed by atoms with Gasteiger partial charge >= 0.3 is 12.1 Å². The Morgan fingerprint density at radius 2 is 2.00 bits per heavy atom. The van der Waals surface area contributed by atoms with Crippen LogP contribution in [0.1, 0.15) is 5.56 Å². The van der Waals surface area contributed by atoms with Crippen molar-refractivity contribution in [3.63, 3.8) is 0 Å². The molecule has 5 nitrogen and oxygen atoms in total. The fourth-order valence-electron chi connectivity index (χ4n) is 1.44. The Morgan fingerprint density at radius 3 is 2.56 bits per heavy atom. The van der Waals surface area contributed by atoms with Crippen molar-refractivity contribution >= 4 is 23.8 Å². The summed E-state index contributed by atoms with van der Waals surface area (Å²) >= 11 is 1.64. The van der Waals surface area contributed by atoms with Gasteiger partial charge in [0, 0.05) is 18.8 Å². The molecule has 0 aliphatic rings. The Labute approximate surface area is 111 Å². The maximum absolute atomic E-state index is 11.8. The van der Waals surface area contributed by atoms with Gasteiger partial charge in [-0.05, 0) is 11.8 Å². The van der Waals surface area contributed by atoms with Gasteiger partial charge in [-0.1, -0.05) is 30.3 Å². The molecular formula is C12H17N3O2S. The lowest BCUT2D eigenvalue weighted by atomic mass is 10.2. The highest BCUT2D eigenvalue weighted by atomic mass is 32.2. The molecule has 0 fully saturated rings. The fraction of sp³-hybridized carbons (Fsp3) is 0.333. The molecule has 0 saturated carbocycles. The van der Waals surface area contributed by atoms with Gasteiger partial charge in [0.15, 0.2) is 0 Å². The number of benzene rings is 1. The number of amides is 4. The van der Waals surface area contributed by atoms with Gasteiger partial charge in [-0.3, -0.25) is 5.32 Å². The lowest BCUT2D eigenvalue weighted by Gasteiger charge is -2.22. The number of nitrogens with two attached hydrogens (primary N) is 1. The summed E-state index contributed by atoms with van der Waals surface area (Å²) < 4.78 is 0. The van der Waals surface area contributed by atoms with E-state index in [1.54, 1.807) is 16.7 Å². The van der Waals surface area contributed by atoms with Gasteiger partial charge in [-0.15, -0.1) is 0 Å². The molecule has 1 aromatic carbocycles. The molecule has 4 amide bonds. The molecule has 0 radical (unpaired) electrons. The maximum Gasteiger partial charge on any atom is 0.325 e. The third-order valence-electron chi connectivity index (χ3n) is 2.30. The zero-order valence-electron chi connectivity index (χ0n) is 10.3. The lowest BCUT2D eigenvalue weighted by Crippen LogP contribution is -2.45. The molecular weight excluding hydrogens is 250 g/mol. The molecule has 3 N–H and O–H groups in total. The molecule has 0 bridgehead atoms.